The fourth-order valence-electron chi connectivity index (χ4n) is 4.22. The Hall–Kier alpha value is -3.94. The molecule has 1 fully saturated rings. The number of aromatic nitrogens is 4. The summed E-state index contributed by atoms with van der Waals surface area (Å²) >= 11 is 0. The van der Waals surface area contributed by atoms with Crippen LogP contribution in [0.3, 0.4) is 0 Å². The van der Waals surface area contributed by atoms with Crippen molar-refractivity contribution in [1.29, 1.82) is 5.41 Å². The summed E-state index contributed by atoms with van der Waals surface area (Å²) in [6.45, 7) is 3.34. The van der Waals surface area contributed by atoms with Crippen molar-refractivity contribution >= 4 is 17.4 Å². The van der Waals surface area contributed by atoms with Crippen LogP contribution >= 0.6 is 0 Å². The lowest BCUT2D eigenvalue weighted by Gasteiger charge is -2.39. The maximum Gasteiger partial charge on any atom is 0.229 e. The van der Waals surface area contributed by atoms with E-state index < -0.39 is 37.3 Å². The van der Waals surface area contributed by atoms with Gasteiger partial charge in [-0.3, -0.25) is 9.98 Å². The second-order valence-corrected chi connectivity index (χ2v) is 9.07. The summed E-state index contributed by atoms with van der Waals surface area (Å²) in [5.74, 6) is 1.04. The fourth-order valence-corrected chi connectivity index (χ4v) is 4.22. The molecule has 5 atom stereocenters. The van der Waals surface area contributed by atoms with Gasteiger partial charge in [0, 0.05) is 5.69 Å². The third-order valence-corrected chi connectivity index (χ3v) is 6.37. The van der Waals surface area contributed by atoms with Crippen molar-refractivity contribution in [3.05, 3.63) is 77.3 Å². The van der Waals surface area contributed by atoms with E-state index in [4.69, 9.17) is 14.9 Å². The van der Waals surface area contributed by atoms with E-state index in [9.17, 15) is 20.4 Å². The third kappa shape index (κ3) is 4.83. The van der Waals surface area contributed by atoms with E-state index in [1.807, 2.05) is 42.7 Å². The first kappa shape index (κ1) is 25.7. The Morgan fingerprint density at radius 3 is 2.42 bits per heavy atom. The molecule has 2 aromatic carbocycles. The first-order valence-corrected chi connectivity index (χ1v) is 12.0. The van der Waals surface area contributed by atoms with Gasteiger partial charge in [-0.2, -0.15) is 5.10 Å². The molecule has 12 nitrogen and oxygen atoms in total. The molecule has 0 saturated carbocycles. The summed E-state index contributed by atoms with van der Waals surface area (Å²) in [5, 5.41) is 52.2. The van der Waals surface area contributed by atoms with Crippen LogP contribution in [0.5, 0.6) is 5.75 Å². The molecule has 0 aliphatic carbocycles. The molecule has 1 aliphatic rings. The van der Waals surface area contributed by atoms with Crippen LogP contribution in [0.1, 0.15) is 17.0 Å². The number of aliphatic hydroxyl groups is 4. The Morgan fingerprint density at radius 2 is 1.74 bits per heavy atom. The highest BCUT2D eigenvalue weighted by molar-refractivity contribution is 5.80. The van der Waals surface area contributed by atoms with Gasteiger partial charge in [0.05, 0.1) is 12.8 Å². The molecule has 0 bridgehead atoms. The van der Waals surface area contributed by atoms with E-state index in [1.165, 1.54) is 11.0 Å². The number of imidazole rings is 1. The molecule has 1 saturated heterocycles. The zero-order valence-electron chi connectivity index (χ0n) is 20.7. The molecule has 4 aromatic rings. The number of fused-ring (bicyclic) bond motifs is 1. The molecule has 12 heteroatoms. The molecule has 1 aliphatic heterocycles. The average molecular weight is 521 g/mol. The topological polar surface area (TPSA) is 171 Å². The van der Waals surface area contributed by atoms with Crippen LogP contribution in [-0.2, 0) is 4.74 Å². The van der Waals surface area contributed by atoms with Gasteiger partial charge in [0.25, 0.3) is 0 Å². The van der Waals surface area contributed by atoms with Gasteiger partial charge in [0.15, 0.2) is 16.7 Å². The molecule has 0 spiro atoms. The zero-order valence-corrected chi connectivity index (χ0v) is 20.7. The van der Waals surface area contributed by atoms with Gasteiger partial charge in [0.2, 0.25) is 6.29 Å². The molecule has 38 heavy (non-hydrogen) atoms. The van der Waals surface area contributed by atoms with Gasteiger partial charge in [-0.25, -0.2) is 14.6 Å². The van der Waals surface area contributed by atoms with Crippen LogP contribution < -0.4 is 10.2 Å². The first-order chi connectivity index (χ1) is 18.3. The highest BCUT2D eigenvalue weighted by Gasteiger charge is 2.44. The smallest absolute Gasteiger partial charge is 0.229 e. The summed E-state index contributed by atoms with van der Waals surface area (Å²) in [4.78, 5) is 9.04. The predicted molar refractivity (Wildman–Crippen MR) is 136 cm³/mol. The number of nitrogens with zero attached hydrogens (tertiary/aromatic N) is 5. The van der Waals surface area contributed by atoms with E-state index in [0.29, 0.717) is 28.3 Å². The third-order valence-electron chi connectivity index (χ3n) is 6.37. The summed E-state index contributed by atoms with van der Waals surface area (Å²) < 4.78 is 14.2. The average Bonchev–Trinajstić information content (AvgIpc) is 3.26. The van der Waals surface area contributed by atoms with Crippen LogP contribution in [0.2, 0.25) is 0 Å². The number of rotatable bonds is 6. The highest BCUT2D eigenvalue weighted by atomic mass is 16.7. The second-order valence-electron chi connectivity index (χ2n) is 9.07. The molecule has 2 aromatic heterocycles. The molecule has 198 valence electrons. The molecule has 5 unspecified atom stereocenters. The zero-order chi connectivity index (χ0) is 27.0. The van der Waals surface area contributed by atoms with Crippen molar-refractivity contribution in [2.75, 3.05) is 6.61 Å². The summed E-state index contributed by atoms with van der Waals surface area (Å²) in [6.07, 6.45) is -3.79. The minimum absolute atomic E-state index is 0.0859. The lowest BCUT2D eigenvalue weighted by molar-refractivity contribution is -0.277. The molecule has 5 N–H and O–H groups in total. The number of hydrogen-bond acceptors (Lipinski definition) is 10. The van der Waals surface area contributed by atoms with Gasteiger partial charge in [0.1, 0.15) is 42.3 Å². The van der Waals surface area contributed by atoms with E-state index >= 15 is 0 Å². The van der Waals surface area contributed by atoms with E-state index in [1.54, 1.807) is 30.5 Å². The molecule has 3 heterocycles. The molecule has 5 rings (SSSR count). The highest BCUT2D eigenvalue weighted by Crippen LogP contribution is 2.24. The maximum atomic E-state index is 10.1. The monoisotopic (exact) mass is 520 g/mol. The second kappa shape index (κ2) is 10.4. The largest absolute Gasteiger partial charge is 0.462 e. The lowest BCUT2D eigenvalue weighted by Crippen LogP contribution is -2.60. The van der Waals surface area contributed by atoms with Gasteiger partial charge >= 0.3 is 0 Å². The summed E-state index contributed by atoms with van der Waals surface area (Å²) in [6, 6.07) is 14.6. The standard InChI is InChI=1S/C26H28N6O6/c1-14-3-7-17(8-4-14)32-15(2)30-20-24(27)31(13-28-25(20)32)29-11-16-5-9-18(10-6-16)37-26-23(36)22(35)21(34)19(12-33)38-26/h3-11,13,19,21-23,26-27,33-36H,12H2,1-2H3/b27-24?,29-11-. The van der Waals surface area contributed by atoms with Crippen LogP contribution in [0.25, 0.3) is 16.9 Å². The SMILES string of the molecule is Cc1ccc(-n2c(C)nc3c(=N)n(/N=C\c4ccc(OC5OC(CO)C(O)C(O)C5O)cc4)cnc32)cc1. The quantitative estimate of drug-likeness (QED) is 0.227. The predicted octanol–water partition coefficient (Wildman–Crippen LogP) is 0.379. The van der Waals surface area contributed by atoms with Crippen molar-refractivity contribution in [2.24, 2.45) is 5.10 Å². The van der Waals surface area contributed by atoms with Crippen molar-refractivity contribution in [3.8, 4) is 11.4 Å². The van der Waals surface area contributed by atoms with Crippen LogP contribution in [0.4, 0.5) is 0 Å². The fraction of sp³-hybridized carbons (Fsp3) is 0.308. The molecule has 0 radical (unpaired) electrons. The van der Waals surface area contributed by atoms with Crippen LogP contribution in [0, 0.1) is 19.3 Å². The minimum Gasteiger partial charge on any atom is -0.462 e. The number of aliphatic hydroxyl groups excluding tert-OH is 4. The van der Waals surface area contributed by atoms with Gasteiger partial charge in [-0.05, 0) is 55.8 Å². The molecular formula is C26H28N6O6. The number of benzene rings is 2. The number of ether oxygens (including phenoxy) is 2. The van der Waals surface area contributed by atoms with Crippen molar-refractivity contribution in [2.45, 2.75) is 44.6 Å². The van der Waals surface area contributed by atoms with Crippen molar-refractivity contribution in [3.63, 3.8) is 0 Å². The number of nitrogens with one attached hydrogen (secondary N) is 1. The van der Waals surface area contributed by atoms with Gasteiger partial charge in [-0.15, -0.1) is 0 Å². The Morgan fingerprint density at radius 1 is 1.03 bits per heavy atom. The summed E-state index contributed by atoms with van der Waals surface area (Å²) in [7, 11) is 0. The Bertz CT molecular complexity index is 1510. The Balaban J connectivity index is 1.33. The number of aryl methyl sites for hydroxylation is 2. The van der Waals surface area contributed by atoms with Crippen molar-refractivity contribution < 1.29 is 29.9 Å². The molecule has 0 amide bonds. The van der Waals surface area contributed by atoms with Crippen molar-refractivity contribution in [1.82, 2.24) is 19.2 Å². The minimum atomic E-state index is -1.52. The normalized spacial score (nSPS) is 23.8. The maximum absolute atomic E-state index is 10.1. The van der Waals surface area contributed by atoms with Crippen LogP contribution in [0.15, 0.2) is 60.0 Å². The summed E-state index contributed by atoms with van der Waals surface area (Å²) in [5.41, 5.74) is 3.83. The lowest BCUT2D eigenvalue weighted by atomic mass is 9.99. The van der Waals surface area contributed by atoms with Gasteiger partial charge in [-0.1, -0.05) is 17.7 Å². The Labute approximate surface area is 217 Å². The first-order valence-electron chi connectivity index (χ1n) is 12.0. The number of hydrogen-bond donors (Lipinski definition) is 5. The van der Waals surface area contributed by atoms with Gasteiger partial charge < -0.3 is 29.9 Å². The molecular weight excluding hydrogens is 492 g/mol. The van der Waals surface area contributed by atoms with E-state index in [-0.39, 0.29) is 5.49 Å². The van der Waals surface area contributed by atoms with Crippen LogP contribution in [-0.4, -0.2) is 83.2 Å². The van der Waals surface area contributed by atoms with E-state index in [0.717, 1.165) is 11.3 Å². The van der Waals surface area contributed by atoms with E-state index in [2.05, 4.69) is 15.1 Å². The Kier molecular flexibility index (Phi) is 7.06.